The number of rotatable bonds is 6. The Morgan fingerprint density at radius 2 is 1.85 bits per heavy atom. The lowest BCUT2D eigenvalue weighted by Crippen LogP contribution is -2.54. The fourth-order valence-electron chi connectivity index (χ4n) is 3.75. The van der Waals surface area contributed by atoms with Gasteiger partial charge in [-0.2, -0.15) is 0 Å². The van der Waals surface area contributed by atoms with Gasteiger partial charge in [0, 0.05) is 6.54 Å². The van der Waals surface area contributed by atoms with Crippen molar-refractivity contribution in [1.29, 1.82) is 0 Å². The number of carbonyl (C=O) groups excluding carboxylic acids is 4. The van der Waals surface area contributed by atoms with Crippen molar-refractivity contribution in [3.05, 3.63) is 35.9 Å². The Morgan fingerprint density at radius 3 is 2.41 bits per heavy atom. The standard InChI is InChI=1S/C19H22FN3O4/c20-11-16(25)23(12-15(21)24)17(26)14-7-4-10-22(14)18(27)19(8-9-19)13-5-2-1-3-6-13/h1-3,5-6,14H,4,7-12H2,(H2,21,24)/t14-/m0/s1. The molecule has 1 aliphatic heterocycles. The summed E-state index contributed by atoms with van der Waals surface area (Å²) >= 11 is 0. The van der Waals surface area contributed by atoms with Crippen LogP contribution in [0.5, 0.6) is 0 Å². The van der Waals surface area contributed by atoms with Crippen LogP contribution in [0.2, 0.25) is 0 Å². The van der Waals surface area contributed by atoms with E-state index in [1.165, 1.54) is 4.90 Å². The molecule has 4 amide bonds. The highest BCUT2D eigenvalue weighted by Crippen LogP contribution is 2.50. The topological polar surface area (TPSA) is 101 Å². The molecule has 1 saturated carbocycles. The van der Waals surface area contributed by atoms with Gasteiger partial charge in [-0.1, -0.05) is 30.3 Å². The first-order valence-corrected chi connectivity index (χ1v) is 8.96. The minimum absolute atomic E-state index is 0.156. The fourth-order valence-corrected chi connectivity index (χ4v) is 3.75. The van der Waals surface area contributed by atoms with E-state index in [1.807, 2.05) is 30.3 Å². The summed E-state index contributed by atoms with van der Waals surface area (Å²) in [6.07, 6.45) is 2.36. The summed E-state index contributed by atoms with van der Waals surface area (Å²) in [5.74, 6) is -2.94. The average Bonchev–Trinajstić information content (AvgIpc) is 3.35. The molecule has 2 aliphatic rings. The number of halogens is 1. The number of nitrogens with two attached hydrogens (primary N) is 1. The summed E-state index contributed by atoms with van der Waals surface area (Å²) in [6, 6.07) is 8.51. The van der Waals surface area contributed by atoms with Gasteiger partial charge in [0.15, 0.2) is 6.67 Å². The van der Waals surface area contributed by atoms with Crippen LogP contribution in [0.4, 0.5) is 4.39 Å². The maximum atomic E-state index is 13.2. The molecule has 0 spiro atoms. The highest BCUT2D eigenvalue weighted by molar-refractivity contribution is 6.03. The molecule has 3 rings (SSSR count). The Kier molecular flexibility index (Phi) is 5.25. The monoisotopic (exact) mass is 375 g/mol. The first kappa shape index (κ1) is 19.0. The number of alkyl halides is 1. The molecule has 1 aromatic rings. The third-order valence-electron chi connectivity index (χ3n) is 5.28. The van der Waals surface area contributed by atoms with E-state index < -0.39 is 42.4 Å². The molecule has 1 aromatic carbocycles. The number of benzene rings is 1. The molecule has 7 nitrogen and oxygen atoms in total. The summed E-state index contributed by atoms with van der Waals surface area (Å²) in [5, 5.41) is 0. The number of primary amides is 1. The van der Waals surface area contributed by atoms with Crippen LogP contribution in [-0.4, -0.2) is 59.2 Å². The van der Waals surface area contributed by atoms with E-state index in [0.29, 0.717) is 37.1 Å². The van der Waals surface area contributed by atoms with Crippen molar-refractivity contribution in [3.63, 3.8) is 0 Å². The number of carbonyl (C=O) groups is 4. The summed E-state index contributed by atoms with van der Waals surface area (Å²) in [4.78, 5) is 51.0. The van der Waals surface area contributed by atoms with Crippen LogP contribution in [-0.2, 0) is 24.6 Å². The number of hydrogen-bond acceptors (Lipinski definition) is 4. The third-order valence-corrected chi connectivity index (χ3v) is 5.28. The highest BCUT2D eigenvalue weighted by Gasteiger charge is 2.55. The minimum atomic E-state index is -1.41. The van der Waals surface area contributed by atoms with Crippen LogP contribution >= 0.6 is 0 Å². The second-order valence-electron chi connectivity index (χ2n) is 7.02. The molecule has 144 valence electrons. The van der Waals surface area contributed by atoms with Gasteiger partial charge in [0.1, 0.15) is 12.6 Å². The van der Waals surface area contributed by atoms with Gasteiger partial charge in [-0.15, -0.1) is 0 Å². The molecular formula is C19H22FN3O4. The summed E-state index contributed by atoms with van der Waals surface area (Å²) < 4.78 is 12.8. The summed E-state index contributed by atoms with van der Waals surface area (Å²) in [6.45, 7) is -1.71. The first-order valence-electron chi connectivity index (χ1n) is 8.96. The highest BCUT2D eigenvalue weighted by atomic mass is 19.1. The number of amides is 4. The van der Waals surface area contributed by atoms with Crippen LogP contribution < -0.4 is 5.73 Å². The predicted molar refractivity (Wildman–Crippen MR) is 94.0 cm³/mol. The minimum Gasteiger partial charge on any atom is -0.368 e. The molecule has 1 aliphatic carbocycles. The van der Waals surface area contributed by atoms with Crippen molar-refractivity contribution < 1.29 is 23.6 Å². The van der Waals surface area contributed by atoms with E-state index in [2.05, 4.69) is 0 Å². The number of likely N-dealkylation sites (tertiary alicyclic amines) is 1. The summed E-state index contributed by atoms with van der Waals surface area (Å²) in [5.41, 5.74) is 5.35. The molecule has 0 radical (unpaired) electrons. The van der Waals surface area contributed by atoms with E-state index >= 15 is 0 Å². The van der Waals surface area contributed by atoms with Crippen molar-refractivity contribution in [2.75, 3.05) is 19.8 Å². The molecule has 0 unspecified atom stereocenters. The Balaban J connectivity index is 1.82. The van der Waals surface area contributed by atoms with Crippen molar-refractivity contribution in [2.24, 2.45) is 5.73 Å². The number of hydrogen-bond donors (Lipinski definition) is 1. The zero-order valence-electron chi connectivity index (χ0n) is 14.9. The van der Waals surface area contributed by atoms with E-state index in [1.54, 1.807) is 0 Å². The van der Waals surface area contributed by atoms with Gasteiger partial charge < -0.3 is 10.6 Å². The lowest BCUT2D eigenvalue weighted by atomic mass is 9.94. The second-order valence-corrected chi connectivity index (χ2v) is 7.02. The van der Waals surface area contributed by atoms with E-state index in [0.717, 1.165) is 5.56 Å². The van der Waals surface area contributed by atoms with Crippen LogP contribution in [0, 0.1) is 0 Å². The molecule has 8 heteroatoms. The molecule has 0 aromatic heterocycles. The maximum Gasteiger partial charge on any atom is 0.261 e. The molecule has 1 saturated heterocycles. The molecule has 1 heterocycles. The van der Waals surface area contributed by atoms with Gasteiger partial charge >= 0.3 is 0 Å². The quantitative estimate of drug-likeness (QED) is 0.783. The molecule has 2 fully saturated rings. The van der Waals surface area contributed by atoms with E-state index in [4.69, 9.17) is 5.73 Å². The van der Waals surface area contributed by atoms with Crippen molar-refractivity contribution in [3.8, 4) is 0 Å². The van der Waals surface area contributed by atoms with Crippen LogP contribution in [0.25, 0.3) is 0 Å². The molecular weight excluding hydrogens is 353 g/mol. The van der Waals surface area contributed by atoms with Gasteiger partial charge in [-0.05, 0) is 31.2 Å². The molecule has 2 N–H and O–H groups in total. The largest absolute Gasteiger partial charge is 0.368 e. The van der Waals surface area contributed by atoms with Crippen molar-refractivity contribution >= 4 is 23.6 Å². The van der Waals surface area contributed by atoms with Gasteiger partial charge in [0.2, 0.25) is 11.8 Å². The molecule has 27 heavy (non-hydrogen) atoms. The second kappa shape index (κ2) is 7.46. The fraction of sp³-hybridized carbons (Fsp3) is 0.474. The van der Waals surface area contributed by atoms with Gasteiger partial charge in [0.25, 0.3) is 11.8 Å². The maximum absolute atomic E-state index is 13.2. The van der Waals surface area contributed by atoms with E-state index in [9.17, 15) is 23.6 Å². The van der Waals surface area contributed by atoms with E-state index in [-0.39, 0.29) is 5.91 Å². The third kappa shape index (κ3) is 3.56. The smallest absolute Gasteiger partial charge is 0.261 e. The van der Waals surface area contributed by atoms with Crippen molar-refractivity contribution in [1.82, 2.24) is 9.80 Å². The van der Waals surface area contributed by atoms with Crippen LogP contribution in [0.3, 0.4) is 0 Å². The first-order chi connectivity index (χ1) is 12.9. The number of nitrogens with zero attached hydrogens (tertiary/aromatic N) is 2. The number of imide groups is 1. The van der Waals surface area contributed by atoms with Crippen LogP contribution in [0.1, 0.15) is 31.2 Å². The summed E-state index contributed by atoms with van der Waals surface area (Å²) in [7, 11) is 0. The van der Waals surface area contributed by atoms with Crippen LogP contribution in [0.15, 0.2) is 30.3 Å². The Bertz CT molecular complexity index is 763. The zero-order valence-corrected chi connectivity index (χ0v) is 14.9. The lowest BCUT2D eigenvalue weighted by molar-refractivity contribution is -0.153. The van der Waals surface area contributed by atoms with Gasteiger partial charge in [-0.3, -0.25) is 24.1 Å². The Hall–Kier alpha value is -2.77. The molecule has 1 atom stereocenters. The molecule has 0 bridgehead atoms. The van der Waals surface area contributed by atoms with Gasteiger partial charge in [-0.25, -0.2) is 4.39 Å². The average molecular weight is 375 g/mol. The SMILES string of the molecule is NC(=O)CN(C(=O)CF)C(=O)[C@@H]1CCCN1C(=O)C1(c2ccccc2)CC1. The zero-order chi connectivity index (χ0) is 19.6. The Labute approximate surface area is 156 Å². The lowest BCUT2D eigenvalue weighted by Gasteiger charge is -2.31. The predicted octanol–water partition coefficient (Wildman–Crippen LogP) is 0.519. The normalized spacial score (nSPS) is 20.2. The van der Waals surface area contributed by atoms with Crippen molar-refractivity contribution in [2.45, 2.75) is 37.1 Å². The van der Waals surface area contributed by atoms with Gasteiger partial charge in [0.05, 0.1) is 5.41 Å². The Morgan fingerprint density at radius 1 is 1.19 bits per heavy atom.